The number of nitrogens with zero attached hydrogens (tertiary/aromatic N) is 3. The molecule has 0 unspecified atom stereocenters. The van der Waals surface area contributed by atoms with Crippen molar-refractivity contribution in [2.75, 3.05) is 0 Å². The van der Waals surface area contributed by atoms with Crippen LogP contribution in [0.1, 0.15) is 57.6 Å². The first kappa shape index (κ1) is 18.6. The van der Waals surface area contributed by atoms with Gasteiger partial charge in [0.15, 0.2) is 0 Å². The quantitative estimate of drug-likeness (QED) is 0.814. The second kappa shape index (κ2) is 8.97. The van der Waals surface area contributed by atoms with Crippen LogP contribution in [0.25, 0.3) is 11.3 Å². The van der Waals surface area contributed by atoms with Gasteiger partial charge in [-0.25, -0.2) is 0 Å². The van der Waals surface area contributed by atoms with Crippen molar-refractivity contribution >= 4 is 5.91 Å². The molecule has 1 saturated carbocycles. The van der Waals surface area contributed by atoms with Crippen molar-refractivity contribution in [3.63, 3.8) is 0 Å². The van der Waals surface area contributed by atoms with Gasteiger partial charge in [-0.1, -0.05) is 26.2 Å². The first-order chi connectivity index (χ1) is 12.7. The number of unbranched alkanes of at least 4 members (excludes halogenated alkanes) is 1. The summed E-state index contributed by atoms with van der Waals surface area (Å²) >= 11 is 0. The third-order valence-corrected chi connectivity index (χ3v) is 5.53. The lowest BCUT2D eigenvalue weighted by Crippen LogP contribution is -2.33. The largest absolute Gasteiger partial charge is 0.350 e. The van der Waals surface area contributed by atoms with Crippen molar-refractivity contribution in [3.05, 3.63) is 36.3 Å². The predicted molar refractivity (Wildman–Crippen MR) is 103 cm³/mol. The topological polar surface area (TPSA) is 59.8 Å². The summed E-state index contributed by atoms with van der Waals surface area (Å²) in [5, 5.41) is 7.62. The number of rotatable bonds is 7. The molecule has 0 aromatic carbocycles. The van der Waals surface area contributed by atoms with E-state index in [1.54, 1.807) is 12.4 Å². The van der Waals surface area contributed by atoms with Gasteiger partial charge < -0.3 is 5.32 Å². The van der Waals surface area contributed by atoms with Crippen LogP contribution in [0.4, 0.5) is 0 Å². The highest BCUT2D eigenvalue weighted by atomic mass is 16.1. The number of carbonyl (C=O) groups excluding carboxylic acids is 1. The van der Waals surface area contributed by atoms with Gasteiger partial charge in [0.2, 0.25) is 5.91 Å². The van der Waals surface area contributed by atoms with E-state index in [2.05, 4.69) is 22.3 Å². The van der Waals surface area contributed by atoms with Crippen molar-refractivity contribution in [3.8, 4) is 11.3 Å². The number of aryl methyl sites for hydroxylation is 1. The molecule has 5 heteroatoms. The molecule has 140 valence electrons. The summed E-state index contributed by atoms with van der Waals surface area (Å²) in [5.74, 6) is 1.20. The van der Waals surface area contributed by atoms with Gasteiger partial charge in [0.05, 0.1) is 17.9 Å². The normalized spacial score (nSPS) is 20.1. The minimum Gasteiger partial charge on any atom is -0.350 e. The van der Waals surface area contributed by atoms with E-state index >= 15 is 0 Å². The van der Waals surface area contributed by atoms with E-state index in [0.29, 0.717) is 6.54 Å². The fourth-order valence-electron chi connectivity index (χ4n) is 3.93. The molecule has 5 nitrogen and oxygen atoms in total. The minimum atomic E-state index is 0.177. The summed E-state index contributed by atoms with van der Waals surface area (Å²) in [6.07, 6.45) is 11.9. The van der Waals surface area contributed by atoms with Crippen molar-refractivity contribution in [2.24, 2.45) is 18.9 Å². The van der Waals surface area contributed by atoms with Gasteiger partial charge >= 0.3 is 0 Å². The van der Waals surface area contributed by atoms with Gasteiger partial charge in [-0.2, -0.15) is 5.10 Å². The van der Waals surface area contributed by atoms with Gasteiger partial charge in [-0.3, -0.25) is 14.5 Å². The van der Waals surface area contributed by atoms with E-state index in [0.717, 1.165) is 35.7 Å². The summed E-state index contributed by atoms with van der Waals surface area (Å²) in [5.41, 5.74) is 3.01. The Hall–Kier alpha value is -2.17. The highest BCUT2D eigenvalue weighted by Gasteiger charge is 2.25. The molecule has 0 radical (unpaired) electrons. The molecule has 0 saturated heterocycles. The van der Waals surface area contributed by atoms with Crippen LogP contribution in [0.15, 0.2) is 30.6 Å². The van der Waals surface area contributed by atoms with Crippen LogP contribution in [0.5, 0.6) is 0 Å². The summed E-state index contributed by atoms with van der Waals surface area (Å²) in [7, 11) is 1.93. The van der Waals surface area contributed by atoms with Gasteiger partial charge in [0.25, 0.3) is 0 Å². The lowest BCUT2D eigenvalue weighted by Gasteiger charge is -2.27. The van der Waals surface area contributed by atoms with E-state index in [9.17, 15) is 4.79 Å². The van der Waals surface area contributed by atoms with Crippen LogP contribution in [0, 0.1) is 11.8 Å². The molecule has 2 heterocycles. The average molecular weight is 354 g/mol. The number of nitrogens with one attached hydrogen (secondary N) is 1. The highest BCUT2D eigenvalue weighted by Crippen LogP contribution is 2.32. The van der Waals surface area contributed by atoms with Crippen LogP contribution in [-0.2, 0) is 18.4 Å². The van der Waals surface area contributed by atoms with Gasteiger partial charge in [-0.15, -0.1) is 0 Å². The summed E-state index contributed by atoms with van der Waals surface area (Å²) in [6, 6.07) is 5.98. The van der Waals surface area contributed by atoms with Crippen LogP contribution in [0.3, 0.4) is 0 Å². The Labute approximate surface area is 156 Å². The fourth-order valence-corrected chi connectivity index (χ4v) is 3.93. The fraction of sp³-hybridized carbons (Fsp3) is 0.571. The Balaban J connectivity index is 1.50. The van der Waals surface area contributed by atoms with E-state index in [1.807, 2.05) is 29.9 Å². The molecule has 1 aliphatic rings. The number of hydrogen-bond acceptors (Lipinski definition) is 3. The predicted octanol–water partition coefficient (Wildman–Crippen LogP) is 4.09. The van der Waals surface area contributed by atoms with E-state index < -0.39 is 0 Å². The van der Waals surface area contributed by atoms with Gasteiger partial charge in [0.1, 0.15) is 0 Å². The van der Waals surface area contributed by atoms with Gasteiger partial charge in [-0.05, 0) is 49.8 Å². The molecule has 1 amide bonds. The van der Waals surface area contributed by atoms with Crippen molar-refractivity contribution in [1.82, 2.24) is 20.1 Å². The Morgan fingerprint density at radius 2 is 1.96 bits per heavy atom. The second-order valence-electron chi connectivity index (χ2n) is 7.46. The highest BCUT2D eigenvalue weighted by molar-refractivity contribution is 5.78. The van der Waals surface area contributed by atoms with Crippen LogP contribution in [0.2, 0.25) is 0 Å². The molecule has 2 aromatic rings. The molecule has 0 aliphatic heterocycles. The van der Waals surface area contributed by atoms with E-state index in [4.69, 9.17) is 0 Å². The van der Waals surface area contributed by atoms with Crippen molar-refractivity contribution in [2.45, 2.75) is 58.4 Å². The zero-order valence-electron chi connectivity index (χ0n) is 15.9. The zero-order valence-corrected chi connectivity index (χ0v) is 15.9. The van der Waals surface area contributed by atoms with E-state index in [1.165, 1.54) is 32.1 Å². The van der Waals surface area contributed by atoms with Crippen LogP contribution < -0.4 is 5.32 Å². The zero-order chi connectivity index (χ0) is 18.4. The standard InChI is InChI=1S/C21H30N4O/c1-3-4-5-16-6-8-18(9-7-16)21(26)23-15-19-14-20(25(2)24-19)17-10-12-22-13-11-17/h10-14,16,18H,3-9,15H2,1-2H3,(H,23,26). The number of pyridine rings is 1. The lowest BCUT2D eigenvalue weighted by molar-refractivity contribution is -0.126. The lowest BCUT2D eigenvalue weighted by atomic mass is 9.79. The maximum atomic E-state index is 12.5. The molecular weight excluding hydrogens is 324 g/mol. The molecule has 0 spiro atoms. The van der Waals surface area contributed by atoms with Crippen LogP contribution >= 0.6 is 0 Å². The molecule has 1 N–H and O–H groups in total. The molecular formula is C21H30N4O. The SMILES string of the molecule is CCCCC1CCC(C(=O)NCc2cc(-c3ccncc3)n(C)n2)CC1. The second-order valence-corrected chi connectivity index (χ2v) is 7.46. The number of carbonyl (C=O) groups is 1. The smallest absolute Gasteiger partial charge is 0.223 e. The first-order valence-corrected chi connectivity index (χ1v) is 9.88. The van der Waals surface area contributed by atoms with Crippen molar-refractivity contribution < 1.29 is 4.79 Å². The maximum absolute atomic E-state index is 12.5. The Morgan fingerprint density at radius 3 is 2.65 bits per heavy atom. The monoisotopic (exact) mass is 354 g/mol. The Kier molecular flexibility index (Phi) is 6.42. The third-order valence-electron chi connectivity index (χ3n) is 5.53. The number of hydrogen-bond donors (Lipinski definition) is 1. The molecule has 26 heavy (non-hydrogen) atoms. The van der Waals surface area contributed by atoms with Gasteiger partial charge in [0, 0.05) is 30.9 Å². The number of aromatic nitrogens is 3. The first-order valence-electron chi connectivity index (χ1n) is 9.88. The summed E-state index contributed by atoms with van der Waals surface area (Å²) < 4.78 is 1.86. The van der Waals surface area contributed by atoms with E-state index in [-0.39, 0.29) is 11.8 Å². The third kappa shape index (κ3) is 4.71. The summed E-state index contributed by atoms with van der Waals surface area (Å²) in [4.78, 5) is 16.6. The molecule has 3 rings (SSSR count). The molecule has 1 aliphatic carbocycles. The Bertz CT molecular complexity index is 702. The number of amides is 1. The Morgan fingerprint density at radius 1 is 1.23 bits per heavy atom. The average Bonchev–Trinajstić information content (AvgIpc) is 3.06. The summed E-state index contributed by atoms with van der Waals surface area (Å²) in [6.45, 7) is 2.74. The van der Waals surface area contributed by atoms with Crippen LogP contribution in [-0.4, -0.2) is 20.7 Å². The maximum Gasteiger partial charge on any atom is 0.223 e. The molecule has 0 bridgehead atoms. The molecule has 0 atom stereocenters. The minimum absolute atomic E-state index is 0.177. The van der Waals surface area contributed by atoms with Crippen molar-refractivity contribution in [1.29, 1.82) is 0 Å². The molecule has 1 fully saturated rings. The molecule has 2 aromatic heterocycles.